The summed E-state index contributed by atoms with van der Waals surface area (Å²) in [6, 6.07) is 1.72. The molecule has 1 amide bonds. The van der Waals surface area contributed by atoms with Crippen LogP contribution in [0.15, 0.2) is 34.2 Å². The predicted molar refractivity (Wildman–Crippen MR) is 85.1 cm³/mol. The fourth-order valence-electron chi connectivity index (χ4n) is 1.88. The summed E-state index contributed by atoms with van der Waals surface area (Å²) in [6.07, 6.45) is -10.1. The molecule has 1 heterocycles. The Morgan fingerprint density at radius 3 is 2.11 bits per heavy atom. The number of halogens is 6. The number of amides is 1. The van der Waals surface area contributed by atoms with E-state index in [-0.39, 0.29) is 17.0 Å². The molecule has 0 unspecified atom stereocenters. The highest BCUT2D eigenvalue weighted by atomic mass is 32.2. The summed E-state index contributed by atoms with van der Waals surface area (Å²) in [5, 5.41) is 1.92. The third kappa shape index (κ3) is 5.91. The lowest BCUT2D eigenvalue weighted by molar-refractivity contribution is -0.143. The molecule has 4 N–H and O–H groups in total. The lowest BCUT2D eigenvalue weighted by Crippen LogP contribution is -2.18. The van der Waals surface area contributed by atoms with Gasteiger partial charge < -0.3 is 16.0 Å². The van der Waals surface area contributed by atoms with Crippen LogP contribution in [-0.4, -0.2) is 21.6 Å². The van der Waals surface area contributed by atoms with Gasteiger partial charge in [-0.3, -0.25) is 9.59 Å². The molecule has 0 aliphatic heterocycles. The molecule has 0 aliphatic rings. The Morgan fingerprint density at radius 1 is 1.07 bits per heavy atom. The number of alkyl halides is 6. The van der Waals surface area contributed by atoms with E-state index in [4.69, 9.17) is 5.73 Å². The van der Waals surface area contributed by atoms with Crippen LogP contribution in [0.3, 0.4) is 0 Å². The molecule has 0 saturated heterocycles. The van der Waals surface area contributed by atoms with Crippen molar-refractivity contribution >= 4 is 29.2 Å². The van der Waals surface area contributed by atoms with Gasteiger partial charge in [-0.05, 0) is 18.2 Å². The molecule has 1 aromatic heterocycles. The lowest BCUT2D eigenvalue weighted by atomic mass is 10.1. The third-order valence-corrected chi connectivity index (χ3v) is 3.82. The van der Waals surface area contributed by atoms with Crippen LogP contribution in [-0.2, 0) is 17.1 Å². The molecule has 2 aromatic rings. The molecule has 1 aromatic carbocycles. The number of anilines is 2. The van der Waals surface area contributed by atoms with E-state index in [0.29, 0.717) is 23.9 Å². The average Bonchev–Trinajstić information content (AvgIpc) is 2.50. The van der Waals surface area contributed by atoms with Gasteiger partial charge in [0.25, 0.3) is 5.56 Å². The predicted octanol–water partition coefficient (Wildman–Crippen LogP) is 3.12. The van der Waals surface area contributed by atoms with Crippen LogP contribution in [0.5, 0.6) is 0 Å². The summed E-state index contributed by atoms with van der Waals surface area (Å²) >= 11 is 0.692. The zero-order valence-corrected chi connectivity index (χ0v) is 13.9. The van der Waals surface area contributed by atoms with E-state index in [9.17, 15) is 35.9 Å². The van der Waals surface area contributed by atoms with Crippen LogP contribution in [0.1, 0.15) is 11.1 Å². The molecule has 0 fully saturated rings. The monoisotopic (exact) mass is 412 g/mol. The number of benzene rings is 1. The molecule has 0 bridgehead atoms. The number of hydrogen-bond donors (Lipinski definition) is 3. The highest BCUT2D eigenvalue weighted by Gasteiger charge is 2.37. The van der Waals surface area contributed by atoms with E-state index in [0.717, 1.165) is 6.07 Å². The number of nitrogen functional groups attached to an aromatic ring is 1. The van der Waals surface area contributed by atoms with Gasteiger partial charge >= 0.3 is 12.4 Å². The van der Waals surface area contributed by atoms with Crippen LogP contribution in [0, 0.1) is 0 Å². The van der Waals surface area contributed by atoms with Gasteiger partial charge in [-0.1, -0.05) is 11.8 Å². The van der Waals surface area contributed by atoms with Gasteiger partial charge in [0.15, 0.2) is 5.16 Å². The maximum absolute atomic E-state index is 12.8. The molecular formula is C14H10F6N4O2S. The molecule has 27 heavy (non-hydrogen) atoms. The molecule has 0 radical (unpaired) electrons. The largest absolute Gasteiger partial charge is 0.416 e. The maximum Gasteiger partial charge on any atom is 0.416 e. The standard InChI is InChI=1S/C14H10F6N4O2S/c15-13(16,17)6-1-7(14(18,19)20)3-8(2-6)22-11(26)5-27-12-23-9(21)4-10(25)24-12/h1-4H,5H2,(H,22,26)(H3,21,23,24,25). The van der Waals surface area contributed by atoms with Crippen LogP contribution in [0.4, 0.5) is 37.8 Å². The second kappa shape index (κ2) is 7.50. The highest BCUT2D eigenvalue weighted by Crippen LogP contribution is 2.37. The van der Waals surface area contributed by atoms with Crippen molar-refractivity contribution < 1.29 is 31.1 Å². The van der Waals surface area contributed by atoms with Gasteiger partial charge in [-0.25, -0.2) is 4.98 Å². The number of carbonyl (C=O) groups excluding carboxylic acids is 1. The Hall–Kier alpha value is -2.70. The number of nitrogens with one attached hydrogen (secondary N) is 2. The number of carbonyl (C=O) groups is 1. The van der Waals surface area contributed by atoms with E-state index in [1.165, 1.54) is 0 Å². The SMILES string of the molecule is Nc1cc(=O)[nH]c(SCC(=O)Nc2cc(C(F)(F)F)cc(C(F)(F)F)c2)n1. The minimum atomic E-state index is -5.03. The normalized spacial score (nSPS) is 12.1. The molecular weight excluding hydrogens is 402 g/mol. The van der Waals surface area contributed by atoms with Crippen molar-refractivity contribution in [2.24, 2.45) is 0 Å². The number of thioether (sulfide) groups is 1. The Bertz CT molecular complexity index is 877. The van der Waals surface area contributed by atoms with E-state index in [1.807, 2.05) is 5.32 Å². The maximum atomic E-state index is 12.8. The molecule has 13 heteroatoms. The summed E-state index contributed by atoms with van der Waals surface area (Å²) in [5.41, 5.74) is 0.984. The number of nitrogens with two attached hydrogens (primary N) is 1. The van der Waals surface area contributed by atoms with E-state index >= 15 is 0 Å². The first kappa shape index (κ1) is 20.6. The minimum absolute atomic E-state index is 0.0322. The summed E-state index contributed by atoms with van der Waals surface area (Å²) in [4.78, 5) is 29.0. The quantitative estimate of drug-likeness (QED) is 0.407. The molecule has 0 spiro atoms. The topological polar surface area (TPSA) is 101 Å². The summed E-state index contributed by atoms with van der Waals surface area (Å²) in [7, 11) is 0. The number of hydrogen-bond acceptors (Lipinski definition) is 5. The minimum Gasteiger partial charge on any atom is -0.383 e. The fraction of sp³-hybridized carbons (Fsp3) is 0.214. The van der Waals surface area contributed by atoms with Crippen molar-refractivity contribution in [1.29, 1.82) is 0 Å². The Kier molecular flexibility index (Phi) is 5.73. The molecule has 2 rings (SSSR count). The van der Waals surface area contributed by atoms with Crippen LogP contribution in [0.2, 0.25) is 0 Å². The summed E-state index contributed by atoms with van der Waals surface area (Å²) in [6.45, 7) is 0. The number of aromatic nitrogens is 2. The summed E-state index contributed by atoms with van der Waals surface area (Å²) in [5.74, 6) is -1.46. The Balaban J connectivity index is 2.17. The van der Waals surface area contributed by atoms with Crippen molar-refractivity contribution in [1.82, 2.24) is 9.97 Å². The second-order valence-electron chi connectivity index (χ2n) is 5.11. The van der Waals surface area contributed by atoms with Crippen LogP contribution < -0.4 is 16.6 Å². The van der Waals surface area contributed by atoms with Gasteiger partial charge in [0.05, 0.1) is 16.9 Å². The van der Waals surface area contributed by atoms with Crippen molar-refractivity contribution in [3.8, 4) is 0 Å². The number of rotatable bonds is 4. The van der Waals surface area contributed by atoms with Gasteiger partial charge in [0.2, 0.25) is 5.91 Å². The van der Waals surface area contributed by atoms with Gasteiger partial charge in [-0.2, -0.15) is 26.3 Å². The molecule has 6 nitrogen and oxygen atoms in total. The molecule has 0 aliphatic carbocycles. The van der Waals surface area contributed by atoms with E-state index in [1.54, 1.807) is 0 Å². The van der Waals surface area contributed by atoms with Crippen molar-refractivity contribution in [2.75, 3.05) is 16.8 Å². The number of H-pyrrole nitrogens is 1. The van der Waals surface area contributed by atoms with Crippen LogP contribution >= 0.6 is 11.8 Å². The average molecular weight is 412 g/mol. The zero-order chi connectivity index (χ0) is 20.4. The Morgan fingerprint density at radius 2 is 1.63 bits per heavy atom. The van der Waals surface area contributed by atoms with E-state index < -0.39 is 46.4 Å². The highest BCUT2D eigenvalue weighted by molar-refractivity contribution is 7.99. The van der Waals surface area contributed by atoms with E-state index in [2.05, 4.69) is 9.97 Å². The first-order chi connectivity index (χ1) is 12.3. The van der Waals surface area contributed by atoms with Crippen LogP contribution in [0.25, 0.3) is 0 Å². The van der Waals surface area contributed by atoms with Gasteiger partial charge in [0.1, 0.15) is 5.82 Å². The Labute approximate surface area is 151 Å². The summed E-state index contributed by atoms with van der Waals surface area (Å²) < 4.78 is 76.7. The molecule has 0 saturated carbocycles. The smallest absolute Gasteiger partial charge is 0.383 e. The third-order valence-electron chi connectivity index (χ3n) is 2.95. The van der Waals surface area contributed by atoms with Gasteiger partial charge in [-0.15, -0.1) is 0 Å². The first-order valence-corrected chi connectivity index (χ1v) is 7.92. The lowest BCUT2D eigenvalue weighted by Gasteiger charge is -2.14. The number of aromatic amines is 1. The molecule has 146 valence electrons. The fourth-order valence-corrected chi connectivity index (χ4v) is 2.56. The number of nitrogens with zero attached hydrogens (tertiary/aromatic N) is 1. The zero-order valence-electron chi connectivity index (χ0n) is 13.0. The van der Waals surface area contributed by atoms with Crippen molar-refractivity contribution in [2.45, 2.75) is 17.5 Å². The van der Waals surface area contributed by atoms with Crippen molar-refractivity contribution in [3.63, 3.8) is 0 Å². The first-order valence-electron chi connectivity index (χ1n) is 6.93. The van der Waals surface area contributed by atoms with Crippen molar-refractivity contribution in [3.05, 3.63) is 45.7 Å². The second-order valence-corrected chi connectivity index (χ2v) is 6.07. The molecule has 0 atom stereocenters. The van der Waals surface area contributed by atoms with Gasteiger partial charge in [0, 0.05) is 11.8 Å².